The van der Waals surface area contributed by atoms with Crippen LogP contribution in [0.3, 0.4) is 0 Å². The molecule has 136 valence electrons. The van der Waals surface area contributed by atoms with Gasteiger partial charge in [-0.3, -0.25) is 5.32 Å². The van der Waals surface area contributed by atoms with Crippen LogP contribution in [0, 0.1) is 0 Å². The highest BCUT2D eigenvalue weighted by atomic mass is 79.9. The number of ether oxygens (including phenoxy) is 2. The fourth-order valence-electron chi connectivity index (χ4n) is 2.89. The highest BCUT2D eigenvalue weighted by Crippen LogP contribution is 2.41. The molecule has 4 nitrogen and oxygen atoms in total. The number of anilines is 1. The van der Waals surface area contributed by atoms with E-state index in [1.54, 1.807) is 0 Å². The Hall–Kier alpha value is -2.27. The number of fused-ring (bicyclic) bond motifs is 1. The number of carbonyl (C=O) groups is 1. The van der Waals surface area contributed by atoms with Gasteiger partial charge in [0.15, 0.2) is 0 Å². The summed E-state index contributed by atoms with van der Waals surface area (Å²) in [5.41, 5.74) is 2.18. The SMILES string of the molecule is CC(C)(C)OC(=O)Nc1cc(Br)cc2c1OCC=CC2c1ccccc1. The minimum Gasteiger partial charge on any atom is -0.487 e. The van der Waals surface area contributed by atoms with Crippen molar-refractivity contribution in [2.45, 2.75) is 32.3 Å². The van der Waals surface area contributed by atoms with Crippen molar-refractivity contribution in [3.8, 4) is 5.75 Å². The Kier molecular flexibility index (Phi) is 5.37. The lowest BCUT2D eigenvalue weighted by Gasteiger charge is -2.22. The summed E-state index contributed by atoms with van der Waals surface area (Å²) in [5.74, 6) is 0.711. The van der Waals surface area contributed by atoms with Crippen LogP contribution < -0.4 is 10.1 Å². The molecule has 1 aliphatic rings. The Morgan fingerprint density at radius 1 is 1.23 bits per heavy atom. The Labute approximate surface area is 162 Å². The number of amides is 1. The van der Waals surface area contributed by atoms with Crippen LogP contribution in [0.4, 0.5) is 10.5 Å². The summed E-state index contributed by atoms with van der Waals surface area (Å²) in [5, 5.41) is 2.82. The van der Waals surface area contributed by atoms with Gasteiger partial charge in [0.1, 0.15) is 18.0 Å². The van der Waals surface area contributed by atoms with Crippen molar-refractivity contribution >= 4 is 27.7 Å². The Balaban J connectivity index is 2.00. The van der Waals surface area contributed by atoms with E-state index in [1.807, 2.05) is 57.2 Å². The molecule has 1 amide bonds. The molecule has 0 fully saturated rings. The summed E-state index contributed by atoms with van der Waals surface area (Å²) in [4.78, 5) is 12.2. The molecule has 1 heterocycles. The van der Waals surface area contributed by atoms with E-state index < -0.39 is 11.7 Å². The number of rotatable bonds is 2. The van der Waals surface area contributed by atoms with Crippen molar-refractivity contribution < 1.29 is 14.3 Å². The van der Waals surface area contributed by atoms with Gasteiger partial charge in [-0.1, -0.05) is 58.4 Å². The Bertz CT molecular complexity index is 825. The molecule has 1 unspecified atom stereocenters. The van der Waals surface area contributed by atoms with Crippen molar-refractivity contribution in [2.24, 2.45) is 0 Å². The van der Waals surface area contributed by atoms with Gasteiger partial charge in [-0.25, -0.2) is 4.79 Å². The second kappa shape index (κ2) is 7.54. The van der Waals surface area contributed by atoms with Crippen LogP contribution in [-0.2, 0) is 4.74 Å². The van der Waals surface area contributed by atoms with Gasteiger partial charge >= 0.3 is 6.09 Å². The van der Waals surface area contributed by atoms with Gasteiger partial charge in [-0.15, -0.1) is 0 Å². The molecule has 26 heavy (non-hydrogen) atoms. The minimum absolute atomic E-state index is 0.0467. The quantitative estimate of drug-likeness (QED) is 0.623. The number of benzene rings is 2. The lowest BCUT2D eigenvalue weighted by molar-refractivity contribution is 0.0635. The standard InChI is InChI=1S/C21H22BrNO3/c1-21(2,3)26-20(24)23-18-13-15(22)12-17-16(10-7-11-25-19(17)18)14-8-5-4-6-9-14/h4-10,12-13,16H,11H2,1-3H3,(H,23,24). The van der Waals surface area contributed by atoms with Crippen molar-refractivity contribution in [2.75, 3.05) is 11.9 Å². The number of hydrogen-bond donors (Lipinski definition) is 1. The van der Waals surface area contributed by atoms with Gasteiger partial charge in [-0.05, 0) is 38.5 Å². The molecule has 0 aliphatic carbocycles. The van der Waals surface area contributed by atoms with E-state index in [0.717, 1.165) is 15.6 Å². The fraction of sp³-hybridized carbons (Fsp3) is 0.286. The van der Waals surface area contributed by atoms with Crippen LogP contribution in [0.2, 0.25) is 0 Å². The maximum atomic E-state index is 12.2. The van der Waals surface area contributed by atoms with E-state index in [0.29, 0.717) is 18.0 Å². The summed E-state index contributed by atoms with van der Waals surface area (Å²) >= 11 is 3.55. The second-order valence-corrected chi connectivity index (χ2v) is 8.04. The summed E-state index contributed by atoms with van der Waals surface area (Å²) in [6.45, 7) is 5.94. The van der Waals surface area contributed by atoms with Crippen molar-refractivity contribution in [1.29, 1.82) is 0 Å². The van der Waals surface area contributed by atoms with E-state index in [2.05, 4.69) is 39.5 Å². The third-order valence-electron chi connectivity index (χ3n) is 3.86. The molecule has 0 bridgehead atoms. The molecule has 1 atom stereocenters. The molecule has 0 saturated carbocycles. The molecule has 3 rings (SSSR count). The molecule has 0 aromatic heterocycles. The smallest absolute Gasteiger partial charge is 0.412 e. The number of carbonyl (C=O) groups excluding carboxylic acids is 1. The minimum atomic E-state index is -0.567. The van der Waals surface area contributed by atoms with E-state index in [4.69, 9.17) is 9.47 Å². The molecule has 0 spiro atoms. The van der Waals surface area contributed by atoms with Gasteiger partial charge in [0.05, 0.1) is 5.69 Å². The first-order valence-corrected chi connectivity index (χ1v) is 9.30. The molecule has 1 N–H and O–H groups in total. The average molecular weight is 416 g/mol. The lowest BCUT2D eigenvalue weighted by Crippen LogP contribution is -2.27. The van der Waals surface area contributed by atoms with Crippen LogP contribution in [-0.4, -0.2) is 18.3 Å². The first-order chi connectivity index (χ1) is 12.3. The maximum Gasteiger partial charge on any atom is 0.412 e. The van der Waals surface area contributed by atoms with Gasteiger partial charge in [-0.2, -0.15) is 0 Å². The highest BCUT2D eigenvalue weighted by molar-refractivity contribution is 9.10. The van der Waals surface area contributed by atoms with Crippen LogP contribution >= 0.6 is 15.9 Å². The summed E-state index contributed by atoms with van der Waals surface area (Å²) in [7, 11) is 0. The molecular weight excluding hydrogens is 394 g/mol. The number of nitrogens with one attached hydrogen (secondary N) is 1. The molecular formula is C21H22BrNO3. The predicted molar refractivity (Wildman–Crippen MR) is 107 cm³/mol. The van der Waals surface area contributed by atoms with Crippen molar-refractivity contribution in [3.05, 3.63) is 70.2 Å². The third kappa shape index (κ3) is 4.47. The third-order valence-corrected chi connectivity index (χ3v) is 4.32. The van der Waals surface area contributed by atoms with Gasteiger partial charge < -0.3 is 9.47 Å². The first kappa shape index (κ1) is 18.5. The summed E-state index contributed by atoms with van der Waals surface area (Å²) < 4.78 is 12.2. The average Bonchev–Trinajstić information content (AvgIpc) is 2.76. The monoisotopic (exact) mass is 415 g/mol. The second-order valence-electron chi connectivity index (χ2n) is 7.13. The van der Waals surface area contributed by atoms with Crippen LogP contribution in [0.5, 0.6) is 5.75 Å². The molecule has 2 aromatic rings. The number of allylic oxidation sites excluding steroid dienone is 1. The van der Waals surface area contributed by atoms with Gasteiger partial charge in [0, 0.05) is 16.0 Å². The topological polar surface area (TPSA) is 47.6 Å². The lowest BCUT2D eigenvalue weighted by atomic mass is 9.90. The Morgan fingerprint density at radius 3 is 2.65 bits per heavy atom. The molecule has 0 radical (unpaired) electrons. The van der Waals surface area contributed by atoms with E-state index in [1.165, 1.54) is 0 Å². The van der Waals surface area contributed by atoms with Crippen LogP contribution in [0.25, 0.3) is 0 Å². The van der Waals surface area contributed by atoms with Crippen molar-refractivity contribution in [3.63, 3.8) is 0 Å². The first-order valence-electron chi connectivity index (χ1n) is 8.51. The maximum absolute atomic E-state index is 12.2. The predicted octanol–water partition coefficient (Wildman–Crippen LogP) is 5.88. The number of halogens is 1. The fourth-order valence-corrected chi connectivity index (χ4v) is 3.37. The van der Waals surface area contributed by atoms with E-state index in [-0.39, 0.29) is 5.92 Å². The number of hydrogen-bond acceptors (Lipinski definition) is 3. The molecule has 0 saturated heterocycles. The molecule has 5 heteroatoms. The molecule has 2 aromatic carbocycles. The zero-order valence-corrected chi connectivity index (χ0v) is 16.7. The van der Waals surface area contributed by atoms with Crippen LogP contribution in [0.1, 0.15) is 37.8 Å². The Morgan fingerprint density at radius 2 is 1.96 bits per heavy atom. The summed E-state index contributed by atoms with van der Waals surface area (Å²) in [6, 6.07) is 14.1. The molecule has 1 aliphatic heterocycles. The highest BCUT2D eigenvalue weighted by Gasteiger charge is 2.24. The van der Waals surface area contributed by atoms with Crippen molar-refractivity contribution in [1.82, 2.24) is 0 Å². The van der Waals surface area contributed by atoms with Crippen LogP contribution in [0.15, 0.2) is 59.1 Å². The zero-order valence-electron chi connectivity index (χ0n) is 15.1. The zero-order chi connectivity index (χ0) is 18.7. The largest absolute Gasteiger partial charge is 0.487 e. The van der Waals surface area contributed by atoms with Gasteiger partial charge in [0.2, 0.25) is 0 Å². The van der Waals surface area contributed by atoms with E-state index in [9.17, 15) is 4.79 Å². The summed E-state index contributed by atoms with van der Waals surface area (Å²) in [6.07, 6.45) is 3.63. The van der Waals surface area contributed by atoms with Gasteiger partial charge in [0.25, 0.3) is 0 Å². The van der Waals surface area contributed by atoms with E-state index >= 15 is 0 Å². The normalized spacial score (nSPS) is 16.2.